The molecule has 5 rings (SSSR count). The molecule has 0 aliphatic carbocycles. The van der Waals surface area contributed by atoms with Gasteiger partial charge in [0.2, 0.25) is 0 Å². The second-order valence-electron chi connectivity index (χ2n) is 7.05. The third-order valence-corrected chi connectivity index (χ3v) is 5.20. The van der Waals surface area contributed by atoms with Crippen molar-refractivity contribution in [1.82, 2.24) is 0 Å². The Hall–Kier alpha value is -4.12. The van der Waals surface area contributed by atoms with E-state index < -0.39 is 5.63 Å². The van der Waals surface area contributed by atoms with E-state index in [-0.39, 0.29) is 0 Å². The Bertz CT molecular complexity index is 1460. The first-order valence-electron chi connectivity index (χ1n) is 9.50. The van der Waals surface area contributed by atoms with Crippen molar-refractivity contribution in [2.75, 3.05) is 0 Å². The normalized spacial score (nSPS) is 12.0. The number of fused-ring (bicyclic) bond motifs is 3. The molecule has 2 aromatic heterocycles. The van der Waals surface area contributed by atoms with E-state index >= 15 is 0 Å². The van der Waals surface area contributed by atoms with Crippen molar-refractivity contribution in [3.05, 3.63) is 106 Å². The largest absolute Gasteiger partial charge is 0.453 e. The fourth-order valence-electron chi connectivity index (χ4n) is 3.84. The first-order chi connectivity index (χ1) is 14.7. The number of aryl methyl sites for hydroxylation is 1. The molecule has 0 saturated carbocycles. The molecule has 1 N–H and O–H groups in total. The third-order valence-electron chi connectivity index (χ3n) is 5.20. The Morgan fingerprint density at radius 3 is 2.30 bits per heavy atom. The van der Waals surface area contributed by atoms with Gasteiger partial charge >= 0.3 is 5.63 Å². The molecule has 146 valence electrons. The Balaban J connectivity index is 1.95. The maximum absolute atomic E-state index is 12.2. The summed E-state index contributed by atoms with van der Waals surface area (Å²) in [6.45, 7) is 1.87. The zero-order valence-electron chi connectivity index (χ0n) is 16.1. The van der Waals surface area contributed by atoms with E-state index in [4.69, 9.17) is 8.83 Å². The lowest BCUT2D eigenvalue weighted by Gasteiger charge is -2.07. The monoisotopic (exact) mass is 395 g/mol. The number of furan rings is 1. The summed E-state index contributed by atoms with van der Waals surface area (Å²) in [6.07, 6.45) is 0. The number of nitrogens with zero attached hydrogens (tertiary/aromatic N) is 1. The Labute approximate surface area is 171 Å². The summed E-state index contributed by atoms with van der Waals surface area (Å²) in [7, 11) is 0. The van der Waals surface area contributed by atoms with Gasteiger partial charge in [0, 0.05) is 22.6 Å². The van der Waals surface area contributed by atoms with Crippen LogP contribution in [0.1, 0.15) is 16.9 Å². The molecule has 0 unspecified atom stereocenters. The average Bonchev–Trinajstić information content (AvgIpc) is 3.15. The van der Waals surface area contributed by atoms with E-state index in [9.17, 15) is 10.0 Å². The lowest BCUT2D eigenvalue weighted by Crippen LogP contribution is -2.03. The van der Waals surface area contributed by atoms with Crippen LogP contribution in [0.3, 0.4) is 0 Å². The minimum Gasteiger partial charge on any atom is -0.453 e. The van der Waals surface area contributed by atoms with Crippen LogP contribution in [0.15, 0.2) is 97.6 Å². The molecule has 30 heavy (non-hydrogen) atoms. The van der Waals surface area contributed by atoms with Crippen LogP contribution < -0.4 is 5.63 Å². The molecule has 3 aromatic carbocycles. The first-order valence-corrected chi connectivity index (χ1v) is 9.50. The molecule has 0 saturated heterocycles. The smallest absolute Gasteiger partial charge is 0.336 e. The van der Waals surface area contributed by atoms with E-state index in [1.54, 1.807) is 0 Å². The number of oxime groups is 1. The zero-order chi connectivity index (χ0) is 20.7. The summed E-state index contributed by atoms with van der Waals surface area (Å²) >= 11 is 0. The average molecular weight is 395 g/mol. The minimum atomic E-state index is -0.423. The summed E-state index contributed by atoms with van der Waals surface area (Å²) in [5.74, 6) is 0.404. The predicted octanol–water partition coefficient (Wildman–Crippen LogP) is 5.74. The highest BCUT2D eigenvalue weighted by Gasteiger charge is 2.25. The quantitative estimate of drug-likeness (QED) is 0.183. The highest BCUT2D eigenvalue weighted by Crippen LogP contribution is 2.40. The van der Waals surface area contributed by atoms with Crippen LogP contribution in [0, 0.1) is 6.92 Å². The van der Waals surface area contributed by atoms with Crippen molar-refractivity contribution in [2.24, 2.45) is 5.16 Å². The predicted molar refractivity (Wildman–Crippen MR) is 116 cm³/mol. The molecular formula is C25H17NO4. The van der Waals surface area contributed by atoms with Gasteiger partial charge in [-0.15, -0.1) is 0 Å². The van der Waals surface area contributed by atoms with Crippen molar-refractivity contribution >= 4 is 27.7 Å². The number of benzene rings is 3. The van der Waals surface area contributed by atoms with E-state index in [0.29, 0.717) is 39.2 Å². The van der Waals surface area contributed by atoms with Crippen molar-refractivity contribution in [3.8, 4) is 11.1 Å². The van der Waals surface area contributed by atoms with Crippen LogP contribution in [0.2, 0.25) is 0 Å². The highest BCUT2D eigenvalue weighted by atomic mass is 16.4. The van der Waals surface area contributed by atoms with Gasteiger partial charge in [-0.3, -0.25) is 0 Å². The van der Waals surface area contributed by atoms with Gasteiger partial charge in [0.25, 0.3) is 0 Å². The summed E-state index contributed by atoms with van der Waals surface area (Å²) < 4.78 is 11.8. The molecule has 0 bridgehead atoms. The lowest BCUT2D eigenvalue weighted by atomic mass is 9.96. The summed E-state index contributed by atoms with van der Waals surface area (Å²) in [4.78, 5) is 12.2. The minimum absolute atomic E-state index is 0.300. The van der Waals surface area contributed by atoms with Gasteiger partial charge < -0.3 is 14.0 Å². The second kappa shape index (κ2) is 7.04. The molecule has 5 heteroatoms. The maximum atomic E-state index is 12.2. The van der Waals surface area contributed by atoms with Gasteiger partial charge in [0.1, 0.15) is 11.2 Å². The molecule has 0 radical (unpaired) electrons. The molecule has 2 heterocycles. The van der Waals surface area contributed by atoms with Gasteiger partial charge in [-0.25, -0.2) is 4.79 Å². The van der Waals surface area contributed by atoms with Crippen LogP contribution in [0.4, 0.5) is 0 Å². The van der Waals surface area contributed by atoms with E-state index in [1.807, 2.05) is 79.7 Å². The maximum Gasteiger partial charge on any atom is 0.336 e. The fraction of sp³-hybridized carbons (Fsp3) is 0.0400. The summed E-state index contributed by atoms with van der Waals surface area (Å²) in [6, 6.07) is 24.2. The molecule has 0 atom stereocenters. The fourth-order valence-corrected chi connectivity index (χ4v) is 3.84. The molecule has 5 nitrogen and oxygen atoms in total. The van der Waals surface area contributed by atoms with Crippen molar-refractivity contribution in [3.63, 3.8) is 0 Å². The van der Waals surface area contributed by atoms with E-state index in [2.05, 4.69) is 5.16 Å². The Morgan fingerprint density at radius 1 is 0.900 bits per heavy atom. The second-order valence-corrected chi connectivity index (χ2v) is 7.05. The lowest BCUT2D eigenvalue weighted by molar-refractivity contribution is 0.318. The van der Waals surface area contributed by atoms with Gasteiger partial charge in [0.05, 0.1) is 5.39 Å². The molecule has 0 aliphatic heterocycles. The van der Waals surface area contributed by atoms with Gasteiger partial charge in [0.15, 0.2) is 11.5 Å². The molecule has 0 spiro atoms. The van der Waals surface area contributed by atoms with Gasteiger partial charge in [-0.1, -0.05) is 65.8 Å². The topological polar surface area (TPSA) is 75.9 Å². The molecule has 0 fully saturated rings. The Kier molecular flexibility index (Phi) is 4.21. The zero-order valence-corrected chi connectivity index (χ0v) is 16.1. The van der Waals surface area contributed by atoms with Crippen LogP contribution in [-0.2, 0) is 0 Å². The van der Waals surface area contributed by atoms with Gasteiger partial charge in [-0.05, 0) is 30.2 Å². The highest BCUT2D eigenvalue weighted by molar-refractivity contribution is 6.21. The van der Waals surface area contributed by atoms with E-state index in [1.165, 1.54) is 6.07 Å². The molecule has 0 aliphatic rings. The number of rotatable bonds is 3. The standard InChI is InChI=1S/C25H17NO4/c1-15-14-20(27)30-24-18(15)12-13-19-22(24)21(16-8-4-2-5-9-16)25(29-19)23(26-28)17-10-6-3-7-11-17/h2-14,28H,1H3/b26-23+. The SMILES string of the molecule is Cc1cc(=O)oc2c1ccc1oc(/C(=N/O)c3ccccc3)c(-c3ccccc3)c12. The van der Waals surface area contributed by atoms with Crippen molar-refractivity contribution < 1.29 is 14.0 Å². The van der Waals surface area contributed by atoms with Crippen molar-refractivity contribution in [1.29, 1.82) is 0 Å². The number of hydrogen-bond acceptors (Lipinski definition) is 5. The van der Waals surface area contributed by atoms with Gasteiger partial charge in [-0.2, -0.15) is 0 Å². The van der Waals surface area contributed by atoms with Crippen LogP contribution in [-0.4, -0.2) is 10.9 Å². The molecular weight excluding hydrogens is 378 g/mol. The Morgan fingerprint density at radius 2 is 1.60 bits per heavy atom. The number of hydrogen-bond donors (Lipinski definition) is 1. The first kappa shape index (κ1) is 17.9. The third kappa shape index (κ3) is 2.79. The van der Waals surface area contributed by atoms with Crippen LogP contribution in [0.5, 0.6) is 0 Å². The van der Waals surface area contributed by atoms with Crippen LogP contribution in [0.25, 0.3) is 33.1 Å². The summed E-state index contributed by atoms with van der Waals surface area (Å²) in [5, 5.41) is 14.9. The molecule has 0 amide bonds. The summed E-state index contributed by atoms with van der Waals surface area (Å²) in [5.41, 5.74) is 3.98. The van der Waals surface area contributed by atoms with Crippen LogP contribution >= 0.6 is 0 Å². The van der Waals surface area contributed by atoms with E-state index in [0.717, 1.165) is 16.5 Å². The van der Waals surface area contributed by atoms with Crippen molar-refractivity contribution in [2.45, 2.75) is 6.92 Å². The molecule has 5 aromatic rings.